The quantitative estimate of drug-likeness (QED) is 0.713. The van der Waals surface area contributed by atoms with E-state index in [4.69, 9.17) is 0 Å². The zero-order valence-electron chi connectivity index (χ0n) is 10.2. The Morgan fingerprint density at radius 3 is 2.59 bits per heavy atom. The van der Waals surface area contributed by atoms with E-state index in [0.717, 1.165) is 18.3 Å². The monoisotopic (exact) mass is 237 g/mol. The molecule has 5 nitrogen and oxygen atoms in total. The highest BCUT2D eigenvalue weighted by atomic mass is 16.2. The van der Waals surface area contributed by atoms with Gasteiger partial charge < -0.3 is 0 Å². The van der Waals surface area contributed by atoms with Crippen molar-refractivity contribution in [2.75, 3.05) is 6.54 Å². The van der Waals surface area contributed by atoms with E-state index < -0.39 is 11.8 Å². The molecule has 0 aromatic rings. The van der Waals surface area contributed by atoms with Crippen molar-refractivity contribution in [2.45, 2.75) is 39.0 Å². The summed E-state index contributed by atoms with van der Waals surface area (Å²) in [5.41, 5.74) is 0. The minimum absolute atomic E-state index is 0.309. The second-order valence-corrected chi connectivity index (χ2v) is 5.07. The first kappa shape index (κ1) is 12.1. The zero-order chi connectivity index (χ0) is 12.3. The number of carbonyl (C=O) groups excluding carboxylic acids is 2. The van der Waals surface area contributed by atoms with Crippen LogP contribution in [0.1, 0.15) is 39.0 Å². The highest BCUT2D eigenvalue weighted by Gasteiger charge is 2.25. The van der Waals surface area contributed by atoms with Gasteiger partial charge in [-0.1, -0.05) is 26.2 Å². The number of hydrogen-bond acceptors (Lipinski definition) is 3. The Balaban J connectivity index is 1.74. The number of aliphatic imine (C=N–C) groups is 1. The smallest absolute Gasteiger partial charge is 0.288 e. The Kier molecular flexibility index (Phi) is 3.76. The lowest BCUT2D eigenvalue weighted by Crippen LogP contribution is -2.26. The molecule has 94 valence electrons. The summed E-state index contributed by atoms with van der Waals surface area (Å²) in [6.07, 6.45) is 6.27. The molecule has 1 heterocycles. The van der Waals surface area contributed by atoms with Crippen molar-refractivity contribution >= 4 is 17.8 Å². The summed E-state index contributed by atoms with van der Waals surface area (Å²) in [5.74, 6) is 0.650. The van der Waals surface area contributed by atoms with Gasteiger partial charge in [0.2, 0.25) is 5.96 Å². The van der Waals surface area contributed by atoms with Crippen LogP contribution in [-0.2, 0) is 9.59 Å². The van der Waals surface area contributed by atoms with E-state index in [1.807, 2.05) is 0 Å². The highest BCUT2D eigenvalue weighted by molar-refractivity contribution is 6.45. The second kappa shape index (κ2) is 5.29. The fourth-order valence-corrected chi connectivity index (χ4v) is 2.62. The number of amides is 2. The average molecular weight is 237 g/mol. The van der Waals surface area contributed by atoms with E-state index in [1.165, 1.54) is 25.7 Å². The van der Waals surface area contributed by atoms with Crippen molar-refractivity contribution in [1.29, 1.82) is 0 Å². The van der Waals surface area contributed by atoms with Crippen LogP contribution in [0.2, 0.25) is 0 Å². The summed E-state index contributed by atoms with van der Waals surface area (Å²) in [6.45, 7) is 2.97. The van der Waals surface area contributed by atoms with Gasteiger partial charge >= 0.3 is 11.8 Å². The SMILES string of the molecule is CC1CCCC(CCN=C2NC(=O)C(=O)N2)C1. The van der Waals surface area contributed by atoms with Gasteiger partial charge in [0.15, 0.2) is 0 Å². The Morgan fingerprint density at radius 1 is 1.24 bits per heavy atom. The van der Waals surface area contributed by atoms with Crippen molar-refractivity contribution in [1.82, 2.24) is 10.6 Å². The largest absolute Gasteiger partial charge is 0.316 e. The predicted molar refractivity (Wildman–Crippen MR) is 64.3 cm³/mol. The molecule has 0 bridgehead atoms. The molecule has 5 heteroatoms. The molecule has 17 heavy (non-hydrogen) atoms. The van der Waals surface area contributed by atoms with Crippen LogP contribution in [0.15, 0.2) is 4.99 Å². The summed E-state index contributed by atoms with van der Waals surface area (Å²) in [5, 5.41) is 4.80. The van der Waals surface area contributed by atoms with Crippen LogP contribution >= 0.6 is 0 Å². The molecule has 1 aliphatic heterocycles. The second-order valence-electron chi connectivity index (χ2n) is 5.07. The minimum atomic E-state index is -0.616. The maximum Gasteiger partial charge on any atom is 0.316 e. The number of nitrogens with one attached hydrogen (secondary N) is 2. The number of rotatable bonds is 3. The zero-order valence-corrected chi connectivity index (χ0v) is 10.2. The molecule has 2 N–H and O–H groups in total. The van der Waals surface area contributed by atoms with Gasteiger partial charge in [0.1, 0.15) is 0 Å². The van der Waals surface area contributed by atoms with Gasteiger partial charge in [-0.15, -0.1) is 0 Å². The Hall–Kier alpha value is -1.39. The van der Waals surface area contributed by atoms with E-state index in [-0.39, 0.29) is 0 Å². The van der Waals surface area contributed by atoms with Gasteiger partial charge in [-0.05, 0) is 24.7 Å². The summed E-state index contributed by atoms with van der Waals surface area (Å²) in [7, 11) is 0. The fourth-order valence-electron chi connectivity index (χ4n) is 2.62. The van der Waals surface area contributed by atoms with Gasteiger partial charge in [0, 0.05) is 6.54 Å². The number of hydrogen-bond donors (Lipinski definition) is 2. The number of guanidine groups is 1. The van der Waals surface area contributed by atoms with Crippen molar-refractivity contribution in [3.63, 3.8) is 0 Å². The molecule has 0 radical (unpaired) electrons. The molecule has 2 rings (SSSR count). The van der Waals surface area contributed by atoms with E-state index in [2.05, 4.69) is 22.5 Å². The third-order valence-corrected chi connectivity index (χ3v) is 3.52. The minimum Gasteiger partial charge on any atom is -0.288 e. The predicted octanol–water partition coefficient (Wildman–Crippen LogP) is 0.805. The van der Waals surface area contributed by atoms with E-state index in [0.29, 0.717) is 12.5 Å². The highest BCUT2D eigenvalue weighted by Crippen LogP contribution is 2.30. The molecular formula is C12H19N3O2. The van der Waals surface area contributed by atoms with Crippen molar-refractivity contribution in [3.05, 3.63) is 0 Å². The lowest BCUT2D eigenvalue weighted by atomic mass is 9.81. The topological polar surface area (TPSA) is 70.6 Å². The Labute approximate surface area is 101 Å². The molecule has 1 saturated carbocycles. The van der Waals surface area contributed by atoms with Crippen molar-refractivity contribution in [2.24, 2.45) is 16.8 Å². The molecule has 2 aliphatic rings. The van der Waals surface area contributed by atoms with Gasteiger partial charge in [0.25, 0.3) is 0 Å². The molecule has 0 aromatic carbocycles. The van der Waals surface area contributed by atoms with Crippen LogP contribution in [-0.4, -0.2) is 24.3 Å². The van der Waals surface area contributed by atoms with Crippen LogP contribution in [0, 0.1) is 11.8 Å². The maximum absolute atomic E-state index is 10.9. The molecule has 2 unspecified atom stereocenters. The molecular weight excluding hydrogens is 218 g/mol. The van der Waals surface area contributed by atoms with Crippen molar-refractivity contribution in [3.8, 4) is 0 Å². The molecule has 2 fully saturated rings. The van der Waals surface area contributed by atoms with E-state index in [1.54, 1.807) is 0 Å². The summed E-state index contributed by atoms with van der Waals surface area (Å²) < 4.78 is 0. The number of nitrogens with zero attached hydrogens (tertiary/aromatic N) is 1. The van der Waals surface area contributed by atoms with Gasteiger partial charge in [-0.3, -0.25) is 25.2 Å². The van der Waals surface area contributed by atoms with E-state index in [9.17, 15) is 9.59 Å². The Morgan fingerprint density at radius 2 is 1.94 bits per heavy atom. The summed E-state index contributed by atoms with van der Waals surface area (Å²) in [4.78, 5) is 26.0. The molecule has 1 aliphatic carbocycles. The number of carbonyl (C=O) groups is 2. The lowest BCUT2D eigenvalue weighted by molar-refractivity contribution is -0.135. The van der Waals surface area contributed by atoms with E-state index >= 15 is 0 Å². The normalized spacial score (nSPS) is 28.9. The summed E-state index contributed by atoms with van der Waals surface area (Å²) >= 11 is 0. The Bertz CT molecular complexity index is 334. The van der Waals surface area contributed by atoms with Crippen molar-refractivity contribution < 1.29 is 9.59 Å². The molecule has 2 atom stereocenters. The molecule has 1 saturated heterocycles. The standard InChI is InChI=1S/C12H19N3O2/c1-8-3-2-4-9(7-8)5-6-13-12-14-10(16)11(17)15-12/h8-9H,2-7H2,1H3,(H2,13,14,15,16,17). The van der Waals surface area contributed by atoms with Crippen LogP contribution < -0.4 is 10.6 Å². The van der Waals surface area contributed by atoms with Crippen LogP contribution in [0.3, 0.4) is 0 Å². The first-order valence-corrected chi connectivity index (χ1v) is 6.32. The van der Waals surface area contributed by atoms with Gasteiger partial charge in [-0.25, -0.2) is 0 Å². The van der Waals surface area contributed by atoms with Crippen LogP contribution in [0.4, 0.5) is 0 Å². The average Bonchev–Trinajstić information content (AvgIpc) is 2.58. The first-order chi connectivity index (χ1) is 8.15. The van der Waals surface area contributed by atoms with Crippen LogP contribution in [0.25, 0.3) is 0 Å². The van der Waals surface area contributed by atoms with Crippen LogP contribution in [0.5, 0.6) is 0 Å². The van der Waals surface area contributed by atoms with Gasteiger partial charge in [0.05, 0.1) is 0 Å². The third-order valence-electron chi connectivity index (χ3n) is 3.52. The fraction of sp³-hybridized carbons (Fsp3) is 0.750. The molecule has 2 amide bonds. The molecule has 0 spiro atoms. The first-order valence-electron chi connectivity index (χ1n) is 6.32. The summed E-state index contributed by atoms with van der Waals surface area (Å²) in [6, 6.07) is 0. The maximum atomic E-state index is 10.9. The van der Waals surface area contributed by atoms with Gasteiger partial charge in [-0.2, -0.15) is 0 Å². The molecule has 0 aromatic heterocycles. The third kappa shape index (κ3) is 3.28. The lowest BCUT2D eigenvalue weighted by Gasteiger charge is -2.26.